The van der Waals surface area contributed by atoms with E-state index in [0.717, 1.165) is 11.8 Å². The van der Waals surface area contributed by atoms with Gasteiger partial charge in [0.2, 0.25) is 5.82 Å². The van der Waals surface area contributed by atoms with E-state index >= 15 is 0 Å². The SMILES string of the molecule is COc1cc(Cc2ncc([N+](=O)[O-])c(N)n2)cc(OC)c1. The summed E-state index contributed by atoms with van der Waals surface area (Å²) in [6.45, 7) is 0. The van der Waals surface area contributed by atoms with Crippen molar-refractivity contribution in [2.75, 3.05) is 20.0 Å². The van der Waals surface area contributed by atoms with Gasteiger partial charge in [0, 0.05) is 12.5 Å². The predicted molar refractivity (Wildman–Crippen MR) is 75.5 cm³/mol. The fraction of sp³-hybridized carbons (Fsp3) is 0.231. The molecule has 0 aliphatic carbocycles. The highest BCUT2D eigenvalue weighted by Gasteiger charge is 2.14. The number of methoxy groups -OCH3 is 2. The molecule has 1 aromatic heterocycles. The van der Waals surface area contributed by atoms with Crippen LogP contribution < -0.4 is 15.2 Å². The number of anilines is 1. The molecule has 0 aliphatic heterocycles. The Morgan fingerprint density at radius 3 is 2.33 bits per heavy atom. The largest absolute Gasteiger partial charge is 0.497 e. The minimum atomic E-state index is -0.617. The molecule has 8 nitrogen and oxygen atoms in total. The summed E-state index contributed by atoms with van der Waals surface area (Å²) >= 11 is 0. The zero-order valence-corrected chi connectivity index (χ0v) is 11.6. The van der Waals surface area contributed by atoms with Gasteiger partial charge < -0.3 is 15.2 Å². The van der Waals surface area contributed by atoms with Gasteiger partial charge in [0.15, 0.2) is 0 Å². The average Bonchev–Trinajstić information content (AvgIpc) is 2.46. The van der Waals surface area contributed by atoms with Crippen LogP contribution in [0.4, 0.5) is 11.5 Å². The van der Waals surface area contributed by atoms with E-state index in [0.29, 0.717) is 23.7 Å². The van der Waals surface area contributed by atoms with Gasteiger partial charge in [0.25, 0.3) is 0 Å². The third-order valence-corrected chi connectivity index (χ3v) is 2.82. The van der Waals surface area contributed by atoms with Crippen molar-refractivity contribution in [2.45, 2.75) is 6.42 Å². The van der Waals surface area contributed by atoms with Crippen molar-refractivity contribution in [3.8, 4) is 11.5 Å². The third-order valence-electron chi connectivity index (χ3n) is 2.82. The van der Waals surface area contributed by atoms with Crippen molar-refractivity contribution in [3.63, 3.8) is 0 Å². The highest BCUT2D eigenvalue weighted by Crippen LogP contribution is 2.24. The van der Waals surface area contributed by atoms with Gasteiger partial charge in [0.05, 0.1) is 19.1 Å². The summed E-state index contributed by atoms with van der Waals surface area (Å²) in [5.41, 5.74) is 6.09. The molecule has 21 heavy (non-hydrogen) atoms. The van der Waals surface area contributed by atoms with E-state index in [4.69, 9.17) is 15.2 Å². The van der Waals surface area contributed by atoms with Crippen LogP contribution in [0, 0.1) is 10.1 Å². The van der Waals surface area contributed by atoms with Crippen molar-refractivity contribution in [1.82, 2.24) is 9.97 Å². The van der Waals surface area contributed by atoms with Crippen LogP contribution >= 0.6 is 0 Å². The molecule has 2 N–H and O–H groups in total. The lowest BCUT2D eigenvalue weighted by molar-refractivity contribution is -0.384. The van der Waals surface area contributed by atoms with Gasteiger partial charge in [-0.25, -0.2) is 9.97 Å². The van der Waals surface area contributed by atoms with Gasteiger partial charge in [-0.3, -0.25) is 10.1 Å². The molecule has 0 spiro atoms. The number of nitrogens with two attached hydrogens (primary N) is 1. The summed E-state index contributed by atoms with van der Waals surface area (Å²) in [6.07, 6.45) is 1.46. The number of rotatable bonds is 5. The predicted octanol–water partition coefficient (Wildman–Crippen LogP) is 1.57. The minimum Gasteiger partial charge on any atom is -0.497 e. The molecule has 2 rings (SSSR count). The first-order chi connectivity index (χ1) is 10.0. The van der Waals surface area contributed by atoms with E-state index in [1.54, 1.807) is 20.3 Å². The summed E-state index contributed by atoms with van der Waals surface area (Å²) in [4.78, 5) is 18.0. The Bertz CT molecular complexity index is 653. The van der Waals surface area contributed by atoms with E-state index in [2.05, 4.69) is 9.97 Å². The van der Waals surface area contributed by atoms with Crippen LogP contribution in [0.5, 0.6) is 11.5 Å². The van der Waals surface area contributed by atoms with Crippen molar-refractivity contribution in [1.29, 1.82) is 0 Å². The highest BCUT2D eigenvalue weighted by molar-refractivity contribution is 5.50. The molecule has 0 amide bonds. The molecule has 1 aromatic carbocycles. The zero-order valence-electron chi connectivity index (χ0n) is 11.6. The number of nitrogens with zero attached hydrogens (tertiary/aromatic N) is 3. The average molecular weight is 290 g/mol. The zero-order chi connectivity index (χ0) is 15.4. The van der Waals surface area contributed by atoms with Crippen LogP contribution in [-0.2, 0) is 6.42 Å². The Balaban J connectivity index is 2.29. The van der Waals surface area contributed by atoms with Crippen molar-refractivity contribution < 1.29 is 14.4 Å². The second-order valence-corrected chi connectivity index (χ2v) is 4.21. The maximum absolute atomic E-state index is 10.7. The highest BCUT2D eigenvalue weighted by atomic mass is 16.6. The Kier molecular flexibility index (Phi) is 4.17. The summed E-state index contributed by atoms with van der Waals surface area (Å²) in [6, 6.07) is 5.36. The number of nitrogen functional groups attached to an aromatic ring is 1. The maximum atomic E-state index is 10.7. The topological polar surface area (TPSA) is 113 Å². The molecule has 0 radical (unpaired) electrons. The monoisotopic (exact) mass is 290 g/mol. The van der Waals surface area contributed by atoms with E-state index in [1.807, 2.05) is 12.1 Å². The van der Waals surface area contributed by atoms with E-state index in [1.165, 1.54) is 0 Å². The number of ether oxygens (including phenoxy) is 2. The van der Waals surface area contributed by atoms with Gasteiger partial charge in [0.1, 0.15) is 23.5 Å². The fourth-order valence-electron chi connectivity index (χ4n) is 1.80. The summed E-state index contributed by atoms with van der Waals surface area (Å²) < 4.78 is 10.3. The van der Waals surface area contributed by atoms with Gasteiger partial charge in [-0.1, -0.05) is 0 Å². The number of nitro groups is 1. The lowest BCUT2D eigenvalue weighted by Crippen LogP contribution is -2.04. The Hall–Kier alpha value is -2.90. The quantitative estimate of drug-likeness (QED) is 0.656. The second kappa shape index (κ2) is 6.04. The van der Waals surface area contributed by atoms with Gasteiger partial charge in [-0.05, 0) is 17.7 Å². The fourth-order valence-corrected chi connectivity index (χ4v) is 1.80. The minimum absolute atomic E-state index is 0.153. The normalized spacial score (nSPS) is 10.2. The first-order valence-electron chi connectivity index (χ1n) is 6.01. The molecule has 1 heterocycles. The molecule has 0 fully saturated rings. The second-order valence-electron chi connectivity index (χ2n) is 4.21. The molecule has 8 heteroatoms. The van der Waals surface area contributed by atoms with Crippen LogP contribution in [0.3, 0.4) is 0 Å². The molecule has 0 atom stereocenters. The number of hydrogen-bond acceptors (Lipinski definition) is 7. The first kappa shape index (κ1) is 14.5. The number of aromatic nitrogens is 2. The summed E-state index contributed by atoms with van der Waals surface area (Å²) in [7, 11) is 3.11. The molecule has 110 valence electrons. The van der Waals surface area contributed by atoms with E-state index in [9.17, 15) is 10.1 Å². The first-order valence-corrected chi connectivity index (χ1v) is 6.01. The van der Waals surface area contributed by atoms with Gasteiger partial charge >= 0.3 is 5.69 Å². The summed E-state index contributed by atoms with van der Waals surface area (Å²) in [5, 5.41) is 10.7. The van der Waals surface area contributed by atoms with Crippen LogP contribution in [0.1, 0.15) is 11.4 Å². The Labute approximate surface area is 120 Å². The smallest absolute Gasteiger partial charge is 0.329 e. The standard InChI is InChI=1S/C13H14N4O4/c1-20-9-3-8(4-10(6-9)21-2)5-12-15-7-11(17(18)19)13(14)16-12/h3-4,6-7H,5H2,1-2H3,(H2,14,15,16). The number of benzene rings is 1. The van der Waals surface area contributed by atoms with E-state index < -0.39 is 4.92 Å². The van der Waals surface area contributed by atoms with Crippen molar-refractivity contribution in [3.05, 3.63) is 45.9 Å². The summed E-state index contributed by atoms with van der Waals surface area (Å²) in [5.74, 6) is 1.51. The lowest BCUT2D eigenvalue weighted by Gasteiger charge is -2.08. The Morgan fingerprint density at radius 1 is 1.24 bits per heavy atom. The van der Waals surface area contributed by atoms with Gasteiger partial charge in [-0.2, -0.15) is 0 Å². The lowest BCUT2D eigenvalue weighted by atomic mass is 10.1. The molecule has 0 unspecified atom stereocenters. The molecule has 0 saturated heterocycles. The van der Waals surface area contributed by atoms with Gasteiger partial charge in [-0.15, -0.1) is 0 Å². The third kappa shape index (κ3) is 3.35. The molecular formula is C13H14N4O4. The molecule has 0 bridgehead atoms. The maximum Gasteiger partial charge on any atom is 0.329 e. The molecular weight excluding hydrogens is 276 g/mol. The van der Waals surface area contributed by atoms with Crippen LogP contribution in [0.25, 0.3) is 0 Å². The van der Waals surface area contributed by atoms with Crippen molar-refractivity contribution >= 4 is 11.5 Å². The van der Waals surface area contributed by atoms with Crippen molar-refractivity contribution in [2.24, 2.45) is 0 Å². The van der Waals surface area contributed by atoms with E-state index in [-0.39, 0.29) is 11.5 Å². The molecule has 0 saturated carbocycles. The van der Waals surface area contributed by atoms with Crippen LogP contribution in [-0.4, -0.2) is 29.1 Å². The Morgan fingerprint density at radius 2 is 1.86 bits per heavy atom. The molecule has 2 aromatic rings. The number of hydrogen-bond donors (Lipinski definition) is 1. The van der Waals surface area contributed by atoms with Crippen LogP contribution in [0.2, 0.25) is 0 Å². The van der Waals surface area contributed by atoms with Crippen LogP contribution in [0.15, 0.2) is 24.4 Å². The molecule has 0 aliphatic rings.